The molecular formula is C9H15ClO2. The van der Waals surface area contributed by atoms with Gasteiger partial charge in [-0.05, 0) is 31.6 Å². The molecule has 0 unspecified atom stereocenters. The Bertz CT molecular complexity index is 156. The molecule has 0 saturated heterocycles. The second-order valence-corrected chi connectivity index (χ2v) is 3.09. The molecule has 70 valence electrons. The minimum Gasteiger partial charge on any atom is -0.481 e. The number of hydrogen-bond donors (Lipinski definition) is 1. The summed E-state index contributed by atoms with van der Waals surface area (Å²) in [5, 5.41) is 8.54. The van der Waals surface area contributed by atoms with Crippen LogP contribution in [0.5, 0.6) is 0 Å². The number of rotatable bonds is 2. The largest absolute Gasteiger partial charge is 0.481 e. The van der Waals surface area contributed by atoms with Gasteiger partial charge in [-0.3, -0.25) is 4.79 Å². The summed E-state index contributed by atoms with van der Waals surface area (Å²) >= 11 is 0. The van der Waals surface area contributed by atoms with Gasteiger partial charge in [-0.1, -0.05) is 12.2 Å². The average Bonchev–Trinajstić information content (AvgIpc) is 2.14. The molecule has 0 radical (unpaired) electrons. The van der Waals surface area contributed by atoms with Crippen LogP contribution in [0.1, 0.15) is 32.1 Å². The maximum absolute atomic E-state index is 10.4. The molecule has 1 aliphatic rings. The van der Waals surface area contributed by atoms with E-state index in [0.717, 1.165) is 25.7 Å². The van der Waals surface area contributed by atoms with E-state index in [1.807, 2.05) is 0 Å². The van der Waals surface area contributed by atoms with Crippen LogP contribution in [0.3, 0.4) is 0 Å². The first-order valence-corrected chi connectivity index (χ1v) is 4.16. The number of halogens is 1. The van der Waals surface area contributed by atoms with Gasteiger partial charge in [0.1, 0.15) is 0 Å². The molecule has 0 bridgehead atoms. The Morgan fingerprint density at radius 1 is 1.33 bits per heavy atom. The molecule has 0 atom stereocenters. The molecule has 3 heteroatoms. The highest BCUT2D eigenvalue weighted by Gasteiger charge is 2.12. The van der Waals surface area contributed by atoms with Crippen LogP contribution in [-0.4, -0.2) is 11.1 Å². The van der Waals surface area contributed by atoms with Crippen molar-refractivity contribution >= 4 is 18.4 Å². The van der Waals surface area contributed by atoms with Gasteiger partial charge in [0.25, 0.3) is 0 Å². The van der Waals surface area contributed by atoms with Crippen molar-refractivity contribution in [1.29, 1.82) is 0 Å². The third-order valence-electron chi connectivity index (χ3n) is 2.11. The first kappa shape index (κ1) is 11.5. The lowest BCUT2D eigenvalue weighted by molar-refractivity contribution is -0.138. The third-order valence-corrected chi connectivity index (χ3v) is 2.11. The zero-order valence-corrected chi connectivity index (χ0v) is 7.85. The smallest absolute Gasteiger partial charge is 0.303 e. The van der Waals surface area contributed by atoms with Crippen LogP contribution in [-0.2, 0) is 4.79 Å². The van der Waals surface area contributed by atoms with Gasteiger partial charge in [0.2, 0.25) is 0 Å². The van der Waals surface area contributed by atoms with Crippen LogP contribution in [0.4, 0.5) is 0 Å². The lowest BCUT2D eigenvalue weighted by Gasteiger charge is -2.09. The second kappa shape index (κ2) is 6.06. The molecular weight excluding hydrogens is 176 g/mol. The van der Waals surface area contributed by atoms with Gasteiger partial charge < -0.3 is 5.11 Å². The summed E-state index contributed by atoms with van der Waals surface area (Å²) in [4.78, 5) is 10.4. The second-order valence-electron chi connectivity index (χ2n) is 3.09. The van der Waals surface area contributed by atoms with E-state index in [1.165, 1.54) is 0 Å². The Morgan fingerprint density at radius 3 is 2.25 bits per heavy atom. The lowest BCUT2D eigenvalue weighted by atomic mass is 9.97. The molecule has 12 heavy (non-hydrogen) atoms. The van der Waals surface area contributed by atoms with Crippen LogP contribution in [0.2, 0.25) is 0 Å². The predicted molar refractivity (Wildman–Crippen MR) is 50.6 cm³/mol. The molecule has 0 aromatic heterocycles. The third kappa shape index (κ3) is 4.39. The maximum atomic E-state index is 10.4. The highest BCUT2D eigenvalue weighted by atomic mass is 35.5. The highest BCUT2D eigenvalue weighted by molar-refractivity contribution is 5.85. The lowest BCUT2D eigenvalue weighted by Crippen LogP contribution is -2.06. The summed E-state index contributed by atoms with van der Waals surface area (Å²) < 4.78 is 0. The molecule has 0 fully saturated rings. The number of carboxylic acid groups (broad SMARTS) is 1. The van der Waals surface area contributed by atoms with Gasteiger partial charge in [0, 0.05) is 6.42 Å². The van der Waals surface area contributed by atoms with Crippen molar-refractivity contribution < 1.29 is 9.90 Å². The molecule has 0 heterocycles. The van der Waals surface area contributed by atoms with Crippen molar-refractivity contribution in [3.8, 4) is 0 Å². The average molecular weight is 191 g/mol. The normalized spacial score (nSPS) is 18.0. The van der Waals surface area contributed by atoms with Crippen LogP contribution in [0.25, 0.3) is 0 Å². The van der Waals surface area contributed by atoms with Gasteiger partial charge in [-0.2, -0.15) is 0 Å². The predicted octanol–water partition coefficient (Wildman–Crippen LogP) is 2.63. The first-order valence-electron chi connectivity index (χ1n) is 4.16. The molecule has 0 spiro atoms. The number of carboxylic acids is 1. The molecule has 1 rings (SSSR count). The number of carbonyl (C=O) groups is 1. The Labute approximate surface area is 79.1 Å². The van der Waals surface area contributed by atoms with E-state index in [-0.39, 0.29) is 12.4 Å². The molecule has 2 nitrogen and oxygen atoms in total. The Hall–Kier alpha value is -0.500. The summed E-state index contributed by atoms with van der Waals surface area (Å²) in [6, 6.07) is 0. The monoisotopic (exact) mass is 190 g/mol. The molecule has 0 aromatic rings. The van der Waals surface area contributed by atoms with Crippen molar-refractivity contribution in [2.75, 3.05) is 0 Å². The summed E-state index contributed by atoms with van der Waals surface area (Å²) in [5.41, 5.74) is 0. The van der Waals surface area contributed by atoms with Crippen molar-refractivity contribution in [3.63, 3.8) is 0 Å². The van der Waals surface area contributed by atoms with Gasteiger partial charge in [-0.25, -0.2) is 0 Å². The van der Waals surface area contributed by atoms with Crippen molar-refractivity contribution in [2.24, 2.45) is 5.92 Å². The summed E-state index contributed by atoms with van der Waals surface area (Å²) in [6.07, 6.45) is 8.85. The van der Waals surface area contributed by atoms with E-state index in [4.69, 9.17) is 5.11 Å². The summed E-state index contributed by atoms with van der Waals surface area (Å²) in [5.74, 6) is -0.251. The van der Waals surface area contributed by atoms with E-state index < -0.39 is 5.97 Å². The fourth-order valence-electron chi connectivity index (χ4n) is 1.49. The molecule has 0 saturated carbocycles. The van der Waals surface area contributed by atoms with E-state index in [2.05, 4.69) is 12.2 Å². The van der Waals surface area contributed by atoms with Crippen molar-refractivity contribution in [1.82, 2.24) is 0 Å². The fourth-order valence-corrected chi connectivity index (χ4v) is 1.49. The first-order chi connectivity index (χ1) is 5.29. The van der Waals surface area contributed by atoms with Gasteiger partial charge in [-0.15, -0.1) is 12.4 Å². The Balaban J connectivity index is 0.00000121. The van der Waals surface area contributed by atoms with Crippen LogP contribution < -0.4 is 0 Å². The molecule has 0 amide bonds. The summed E-state index contributed by atoms with van der Waals surface area (Å²) in [6.45, 7) is 0. The number of allylic oxidation sites excluding steroid dienone is 2. The van der Waals surface area contributed by atoms with Crippen molar-refractivity contribution in [3.05, 3.63) is 12.2 Å². The minimum atomic E-state index is -0.656. The van der Waals surface area contributed by atoms with E-state index >= 15 is 0 Å². The van der Waals surface area contributed by atoms with Crippen LogP contribution in [0.15, 0.2) is 12.2 Å². The zero-order valence-electron chi connectivity index (χ0n) is 7.03. The fraction of sp³-hybridized carbons (Fsp3) is 0.667. The SMILES string of the molecule is Cl.O=C(O)CC1CCC=CCC1. The summed E-state index contributed by atoms with van der Waals surface area (Å²) in [7, 11) is 0. The Morgan fingerprint density at radius 2 is 1.83 bits per heavy atom. The van der Waals surface area contributed by atoms with Gasteiger partial charge in [0.05, 0.1) is 0 Å². The number of aliphatic carboxylic acids is 1. The van der Waals surface area contributed by atoms with Gasteiger partial charge in [0.15, 0.2) is 0 Å². The molecule has 0 aromatic carbocycles. The molecule has 1 aliphatic carbocycles. The topological polar surface area (TPSA) is 37.3 Å². The van der Waals surface area contributed by atoms with Crippen LogP contribution >= 0.6 is 12.4 Å². The Kier molecular flexibility index (Phi) is 5.81. The van der Waals surface area contributed by atoms with Crippen molar-refractivity contribution in [2.45, 2.75) is 32.1 Å². The minimum absolute atomic E-state index is 0. The van der Waals surface area contributed by atoms with E-state index in [9.17, 15) is 4.79 Å². The zero-order chi connectivity index (χ0) is 8.10. The highest BCUT2D eigenvalue weighted by Crippen LogP contribution is 2.21. The standard InChI is InChI=1S/C9H14O2.ClH/c10-9(11)7-8-5-3-1-2-4-6-8;/h1-2,8H,3-7H2,(H,10,11);1H. The molecule has 0 aliphatic heterocycles. The number of hydrogen-bond acceptors (Lipinski definition) is 1. The van der Waals surface area contributed by atoms with Gasteiger partial charge >= 0.3 is 5.97 Å². The molecule has 1 N–H and O–H groups in total. The van der Waals surface area contributed by atoms with E-state index in [0.29, 0.717) is 12.3 Å². The maximum Gasteiger partial charge on any atom is 0.303 e. The van der Waals surface area contributed by atoms with E-state index in [1.54, 1.807) is 0 Å². The van der Waals surface area contributed by atoms with Crippen LogP contribution in [0, 0.1) is 5.92 Å². The quantitative estimate of drug-likeness (QED) is 0.680.